The number of hydrogen-bond donors (Lipinski definition) is 1. The molecule has 0 radical (unpaired) electrons. The second-order valence-electron chi connectivity index (χ2n) is 5.68. The van der Waals surface area contributed by atoms with E-state index in [0.29, 0.717) is 19.5 Å². The van der Waals surface area contributed by atoms with E-state index in [2.05, 4.69) is 10.4 Å². The fourth-order valence-corrected chi connectivity index (χ4v) is 2.80. The van der Waals surface area contributed by atoms with Crippen molar-refractivity contribution in [3.05, 3.63) is 54.4 Å². The second-order valence-corrected chi connectivity index (χ2v) is 5.68. The fraction of sp³-hybridized carbons (Fsp3) is 0.353. The van der Waals surface area contributed by atoms with Gasteiger partial charge in [-0.05, 0) is 18.1 Å². The summed E-state index contributed by atoms with van der Waals surface area (Å²) in [5.74, 6) is -0.0789. The normalized spacial score (nSPS) is 15.7. The van der Waals surface area contributed by atoms with E-state index in [9.17, 15) is 9.59 Å². The van der Waals surface area contributed by atoms with Gasteiger partial charge in [-0.3, -0.25) is 14.3 Å². The molecular weight excluding hydrogens is 292 g/mol. The van der Waals surface area contributed by atoms with Crippen molar-refractivity contribution >= 4 is 11.8 Å². The molecule has 0 unspecified atom stereocenters. The largest absolute Gasteiger partial charge is 0.346 e. The van der Waals surface area contributed by atoms with Gasteiger partial charge in [-0.2, -0.15) is 5.10 Å². The van der Waals surface area contributed by atoms with E-state index in [0.717, 1.165) is 12.0 Å². The maximum absolute atomic E-state index is 12.3. The monoisotopic (exact) mass is 312 g/mol. The summed E-state index contributed by atoms with van der Waals surface area (Å²) in [5, 5.41) is 7.23. The minimum Gasteiger partial charge on any atom is -0.346 e. The molecule has 0 bridgehead atoms. The molecule has 6 nitrogen and oxygen atoms in total. The molecule has 1 saturated heterocycles. The van der Waals surface area contributed by atoms with E-state index in [-0.39, 0.29) is 24.4 Å². The molecule has 120 valence electrons. The zero-order chi connectivity index (χ0) is 16.1. The number of likely N-dealkylation sites (tertiary alicyclic amines) is 1. The maximum atomic E-state index is 12.3. The minimum atomic E-state index is -0.179. The first kappa shape index (κ1) is 15.3. The molecule has 1 aromatic carbocycles. The van der Waals surface area contributed by atoms with E-state index < -0.39 is 0 Å². The first-order valence-electron chi connectivity index (χ1n) is 7.82. The third-order valence-corrected chi connectivity index (χ3v) is 3.97. The van der Waals surface area contributed by atoms with Gasteiger partial charge in [0.05, 0.1) is 19.1 Å². The molecule has 0 saturated carbocycles. The number of rotatable bonds is 6. The van der Waals surface area contributed by atoms with Crippen molar-refractivity contribution in [3.63, 3.8) is 0 Å². The topological polar surface area (TPSA) is 67.2 Å². The van der Waals surface area contributed by atoms with Crippen LogP contribution in [0.4, 0.5) is 0 Å². The predicted octanol–water partition coefficient (Wildman–Crippen LogP) is 1.36. The lowest BCUT2D eigenvalue weighted by Gasteiger charge is -2.21. The molecule has 6 heteroatoms. The molecule has 1 fully saturated rings. The lowest BCUT2D eigenvalue weighted by molar-refractivity contribution is -0.133. The summed E-state index contributed by atoms with van der Waals surface area (Å²) >= 11 is 0. The zero-order valence-electron chi connectivity index (χ0n) is 12.9. The fourth-order valence-electron chi connectivity index (χ4n) is 2.80. The Morgan fingerprint density at radius 3 is 2.74 bits per heavy atom. The van der Waals surface area contributed by atoms with Gasteiger partial charge in [0.1, 0.15) is 0 Å². The quantitative estimate of drug-likeness (QED) is 0.876. The SMILES string of the molecule is O=C(CN1CCCC1=O)N[C@@H](Cn1cccn1)c1ccccc1. The molecule has 1 aliphatic rings. The van der Waals surface area contributed by atoms with Crippen molar-refractivity contribution in [1.29, 1.82) is 0 Å². The van der Waals surface area contributed by atoms with Gasteiger partial charge in [0.15, 0.2) is 0 Å². The lowest BCUT2D eigenvalue weighted by Crippen LogP contribution is -2.40. The average molecular weight is 312 g/mol. The van der Waals surface area contributed by atoms with Crippen LogP contribution >= 0.6 is 0 Å². The van der Waals surface area contributed by atoms with Crippen molar-refractivity contribution in [2.45, 2.75) is 25.4 Å². The third kappa shape index (κ3) is 3.97. The maximum Gasteiger partial charge on any atom is 0.240 e. The number of hydrogen-bond acceptors (Lipinski definition) is 3. The summed E-state index contributed by atoms with van der Waals surface area (Å²) in [5.41, 5.74) is 1.02. The highest BCUT2D eigenvalue weighted by molar-refractivity contribution is 5.86. The van der Waals surface area contributed by atoms with Gasteiger partial charge in [-0.1, -0.05) is 30.3 Å². The first-order valence-corrected chi connectivity index (χ1v) is 7.82. The Balaban J connectivity index is 1.68. The number of nitrogens with one attached hydrogen (secondary N) is 1. The van der Waals surface area contributed by atoms with Crippen LogP contribution in [0, 0.1) is 0 Å². The summed E-state index contributed by atoms with van der Waals surface area (Å²) in [7, 11) is 0. The summed E-state index contributed by atoms with van der Waals surface area (Å²) in [6.07, 6.45) is 4.96. The van der Waals surface area contributed by atoms with Crippen molar-refractivity contribution < 1.29 is 9.59 Å². The Hall–Kier alpha value is -2.63. The molecule has 2 amide bonds. The molecule has 2 aromatic rings. The molecular formula is C17H20N4O2. The van der Waals surface area contributed by atoms with Gasteiger partial charge in [-0.15, -0.1) is 0 Å². The molecule has 2 heterocycles. The standard InChI is InChI=1S/C17H20N4O2/c22-16(13-20-10-4-8-17(20)23)19-15(12-21-11-5-9-18-21)14-6-2-1-3-7-14/h1-3,5-7,9,11,15H,4,8,10,12-13H2,(H,19,22)/t15-/m0/s1. The van der Waals surface area contributed by atoms with E-state index >= 15 is 0 Å². The van der Waals surface area contributed by atoms with Crippen LogP contribution in [-0.2, 0) is 16.1 Å². The van der Waals surface area contributed by atoms with Crippen LogP contribution < -0.4 is 5.32 Å². The van der Waals surface area contributed by atoms with Crippen LogP contribution in [0.5, 0.6) is 0 Å². The average Bonchev–Trinajstić information content (AvgIpc) is 3.20. The van der Waals surface area contributed by atoms with Gasteiger partial charge in [0.25, 0.3) is 0 Å². The number of aromatic nitrogens is 2. The Kier molecular flexibility index (Phi) is 4.71. The molecule has 1 N–H and O–H groups in total. The lowest BCUT2D eigenvalue weighted by atomic mass is 10.1. The second kappa shape index (κ2) is 7.09. The minimum absolute atomic E-state index is 0.0588. The first-order chi connectivity index (χ1) is 11.2. The third-order valence-electron chi connectivity index (χ3n) is 3.97. The van der Waals surface area contributed by atoms with Gasteiger partial charge in [0, 0.05) is 25.4 Å². The Morgan fingerprint density at radius 1 is 1.26 bits per heavy atom. The van der Waals surface area contributed by atoms with E-state index in [4.69, 9.17) is 0 Å². The van der Waals surface area contributed by atoms with Crippen molar-refractivity contribution in [1.82, 2.24) is 20.0 Å². The van der Waals surface area contributed by atoms with Crippen molar-refractivity contribution in [3.8, 4) is 0 Å². The van der Waals surface area contributed by atoms with E-state index in [1.165, 1.54) is 0 Å². The molecule has 23 heavy (non-hydrogen) atoms. The summed E-state index contributed by atoms with van der Waals surface area (Å²) < 4.78 is 1.79. The van der Waals surface area contributed by atoms with Crippen molar-refractivity contribution in [2.24, 2.45) is 0 Å². The number of carbonyl (C=O) groups is 2. The number of amides is 2. The molecule has 0 aliphatic carbocycles. The number of benzene rings is 1. The molecule has 1 aromatic heterocycles. The number of nitrogens with zero attached hydrogens (tertiary/aromatic N) is 3. The van der Waals surface area contributed by atoms with Gasteiger partial charge in [0.2, 0.25) is 11.8 Å². The van der Waals surface area contributed by atoms with Crippen molar-refractivity contribution in [2.75, 3.05) is 13.1 Å². The molecule has 1 atom stereocenters. The zero-order valence-corrected chi connectivity index (χ0v) is 12.9. The summed E-state index contributed by atoms with van der Waals surface area (Å²) in [4.78, 5) is 25.6. The van der Waals surface area contributed by atoms with E-state index in [1.54, 1.807) is 15.8 Å². The summed E-state index contributed by atoms with van der Waals surface area (Å²) in [6, 6.07) is 11.5. The Bertz CT molecular complexity index is 654. The predicted molar refractivity (Wildman–Crippen MR) is 85.4 cm³/mol. The molecule has 3 rings (SSSR count). The van der Waals surface area contributed by atoms with E-state index in [1.807, 2.05) is 42.6 Å². The van der Waals surface area contributed by atoms with Crippen LogP contribution in [0.2, 0.25) is 0 Å². The van der Waals surface area contributed by atoms with Crippen LogP contribution in [0.3, 0.4) is 0 Å². The summed E-state index contributed by atoms with van der Waals surface area (Å²) in [6.45, 7) is 1.35. The van der Waals surface area contributed by atoms with Gasteiger partial charge >= 0.3 is 0 Å². The van der Waals surface area contributed by atoms with Crippen LogP contribution in [-0.4, -0.2) is 39.6 Å². The van der Waals surface area contributed by atoms with Crippen LogP contribution in [0.15, 0.2) is 48.8 Å². The van der Waals surface area contributed by atoms with Gasteiger partial charge in [-0.25, -0.2) is 0 Å². The highest BCUT2D eigenvalue weighted by Gasteiger charge is 2.24. The number of carbonyl (C=O) groups excluding carboxylic acids is 2. The van der Waals surface area contributed by atoms with Gasteiger partial charge < -0.3 is 10.2 Å². The van der Waals surface area contributed by atoms with Crippen LogP contribution in [0.1, 0.15) is 24.4 Å². The smallest absolute Gasteiger partial charge is 0.240 e. The highest BCUT2D eigenvalue weighted by Crippen LogP contribution is 2.15. The molecule has 1 aliphatic heterocycles. The Labute approximate surface area is 135 Å². The molecule has 0 spiro atoms. The highest BCUT2D eigenvalue weighted by atomic mass is 16.2. The van der Waals surface area contributed by atoms with Crippen LogP contribution in [0.25, 0.3) is 0 Å². The Morgan fingerprint density at radius 2 is 2.09 bits per heavy atom.